The summed E-state index contributed by atoms with van der Waals surface area (Å²) in [6.07, 6.45) is 1.55. The summed E-state index contributed by atoms with van der Waals surface area (Å²) in [5.41, 5.74) is 0.672. The van der Waals surface area contributed by atoms with Crippen LogP contribution in [-0.4, -0.2) is 54.9 Å². The van der Waals surface area contributed by atoms with Crippen LogP contribution in [0.4, 0.5) is 5.82 Å². The molecule has 0 radical (unpaired) electrons. The average molecular weight is 345 g/mol. The Balaban J connectivity index is 1.60. The molecule has 0 bridgehead atoms. The topological polar surface area (TPSA) is 64.5 Å². The second-order valence-electron chi connectivity index (χ2n) is 5.25. The molecule has 1 fully saturated rings. The van der Waals surface area contributed by atoms with Gasteiger partial charge >= 0.3 is 0 Å². The standard InChI is InChI=1S/C17H19N3O3S/c1-22-14-4-2-13(3-5-14)15(21)11-24-17-10-16(18-12-19-17)20-6-8-23-9-7-20/h2-5,10,12H,6-9,11H2,1H3. The third-order valence-corrected chi connectivity index (χ3v) is 4.65. The molecular formula is C17H19N3O3S. The highest BCUT2D eigenvalue weighted by Gasteiger charge is 2.14. The lowest BCUT2D eigenvalue weighted by molar-refractivity contribution is 0.102. The van der Waals surface area contributed by atoms with E-state index in [2.05, 4.69) is 14.9 Å². The van der Waals surface area contributed by atoms with E-state index in [1.54, 1.807) is 37.7 Å². The van der Waals surface area contributed by atoms with Crippen LogP contribution in [-0.2, 0) is 4.74 Å². The van der Waals surface area contributed by atoms with Gasteiger partial charge in [-0.05, 0) is 24.3 Å². The summed E-state index contributed by atoms with van der Waals surface area (Å²) in [4.78, 5) is 23.0. The molecule has 0 unspecified atom stereocenters. The summed E-state index contributed by atoms with van der Waals surface area (Å²) in [6.45, 7) is 3.07. The molecule has 0 saturated carbocycles. The van der Waals surface area contributed by atoms with Gasteiger partial charge in [-0.15, -0.1) is 0 Å². The van der Waals surface area contributed by atoms with Crippen molar-refractivity contribution in [3.63, 3.8) is 0 Å². The molecule has 0 N–H and O–H groups in total. The number of hydrogen-bond donors (Lipinski definition) is 0. The highest BCUT2D eigenvalue weighted by molar-refractivity contribution is 7.99. The molecule has 2 heterocycles. The predicted molar refractivity (Wildman–Crippen MR) is 93.1 cm³/mol. The minimum atomic E-state index is 0.0641. The average Bonchev–Trinajstić information content (AvgIpc) is 2.67. The Hall–Kier alpha value is -2.12. The Bertz CT molecular complexity index is 688. The van der Waals surface area contributed by atoms with Crippen LogP contribution in [0.3, 0.4) is 0 Å². The second-order valence-corrected chi connectivity index (χ2v) is 6.25. The zero-order chi connectivity index (χ0) is 16.8. The van der Waals surface area contributed by atoms with Gasteiger partial charge in [0.1, 0.15) is 22.9 Å². The molecule has 2 aromatic rings. The van der Waals surface area contributed by atoms with Crippen LogP contribution in [0.2, 0.25) is 0 Å². The molecule has 1 aromatic heterocycles. The molecule has 6 nitrogen and oxygen atoms in total. The van der Waals surface area contributed by atoms with Crippen molar-refractivity contribution in [3.8, 4) is 5.75 Å². The van der Waals surface area contributed by atoms with Crippen molar-refractivity contribution in [2.24, 2.45) is 0 Å². The van der Waals surface area contributed by atoms with Crippen molar-refractivity contribution in [2.45, 2.75) is 5.03 Å². The molecule has 1 aliphatic rings. The second kappa shape index (κ2) is 8.12. The van der Waals surface area contributed by atoms with Gasteiger partial charge in [-0.2, -0.15) is 0 Å². The van der Waals surface area contributed by atoms with Gasteiger partial charge in [-0.1, -0.05) is 11.8 Å². The zero-order valence-corrected chi connectivity index (χ0v) is 14.3. The first kappa shape index (κ1) is 16.7. The number of carbonyl (C=O) groups excluding carboxylic acids is 1. The molecule has 126 valence electrons. The van der Waals surface area contributed by atoms with E-state index in [-0.39, 0.29) is 5.78 Å². The van der Waals surface area contributed by atoms with Crippen molar-refractivity contribution >= 4 is 23.4 Å². The first-order valence-electron chi connectivity index (χ1n) is 7.71. The van der Waals surface area contributed by atoms with Gasteiger partial charge in [0.15, 0.2) is 5.78 Å². The molecule has 0 spiro atoms. The lowest BCUT2D eigenvalue weighted by atomic mass is 10.1. The third-order valence-electron chi connectivity index (χ3n) is 3.73. The summed E-state index contributed by atoms with van der Waals surface area (Å²) in [5.74, 6) is 2.03. The number of methoxy groups -OCH3 is 1. The van der Waals surface area contributed by atoms with Gasteiger partial charge in [0.25, 0.3) is 0 Å². The normalized spacial score (nSPS) is 14.5. The van der Waals surface area contributed by atoms with E-state index in [4.69, 9.17) is 9.47 Å². The molecular weight excluding hydrogens is 326 g/mol. The minimum Gasteiger partial charge on any atom is -0.497 e. The fourth-order valence-electron chi connectivity index (χ4n) is 2.37. The van der Waals surface area contributed by atoms with Crippen LogP contribution >= 0.6 is 11.8 Å². The SMILES string of the molecule is COc1ccc(C(=O)CSc2cc(N3CCOCC3)ncn2)cc1. The van der Waals surface area contributed by atoms with E-state index in [1.165, 1.54) is 11.8 Å². The van der Waals surface area contributed by atoms with E-state index >= 15 is 0 Å². The maximum atomic E-state index is 12.3. The van der Waals surface area contributed by atoms with Gasteiger partial charge < -0.3 is 14.4 Å². The highest BCUT2D eigenvalue weighted by atomic mass is 32.2. The van der Waals surface area contributed by atoms with Crippen LogP contribution < -0.4 is 9.64 Å². The fourth-order valence-corrected chi connectivity index (χ4v) is 3.13. The summed E-state index contributed by atoms with van der Waals surface area (Å²) in [6, 6.07) is 9.07. The Kier molecular flexibility index (Phi) is 5.66. The van der Waals surface area contributed by atoms with Crippen molar-refractivity contribution in [1.29, 1.82) is 0 Å². The van der Waals surface area contributed by atoms with Gasteiger partial charge in [0, 0.05) is 24.7 Å². The van der Waals surface area contributed by atoms with Crippen LogP contribution in [0.5, 0.6) is 5.75 Å². The van der Waals surface area contributed by atoms with Crippen LogP contribution in [0.25, 0.3) is 0 Å². The molecule has 0 amide bonds. The molecule has 7 heteroatoms. The maximum Gasteiger partial charge on any atom is 0.173 e. The zero-order valence-electron chi connectivity index (χ0n) is 13.5. The van der Waals surface area contributed by atoms with Crippen molar-refractivity contribution in [3.05, 3.63) is 42.2 Å². The molecule has 0 aliphatic carbocycles. The van der Waals surface area contributed by atoms with E-state index in [9.17, 15) is 4.79 Å². The van der Waals surface area contributed by atoms with E-state index < -0.39 is 0 Å². The molecule has 1 saturated heterocycles. The number of ketones is 1. The van der Waals surface area contributed by atoms with Crippen molar-refractivity contribution < 1.29 is 14.3 Å². The number of hydrogen-bond acceptors (Lipinski definition) is 7. The predicted octanol–water partition coefficient (Wildman–Crippen LogP) is 2.30. The number of rotatable bonds is 6. The first-order chi connectivity index (χ1) is 11.8. The Morgan fingerprint density at radius 3 is 2.71 bits per heavy atom. The smallest absolute Gasteiger partial charge is 0.173 e. The number of benzene rings is 1. The lowest BCUT2D eigenvalue weighted by Crippen LogP contribution is -2.36. The molecule has 3 rings (SSSR count). The lowest BCUT2D eigenvalue weighted by Gasteiger charge is -2.27. The van der Waals surface area contributed by atoms with E-state index in [1.807, 2.05) is 6.07 Å². The largest absolute Gasteiger partial charge is 0.497 e. The van der Waals surface area contributed by atoms with Crippen LogP contribution in [0.15, 0.2) is 41.7 Å². The Morgan fingerprint density at radius 2 is 2.00 bits per heavy atom. The molecule has 24 heavy (non-hydrogen) atoms. The quantitative estimate of drug-likeness (QED) is 0.452. The number of aromatic nitrogens is 2. The number of morpholine rings is 1. The fraction of sp³-hybridized carbons (Fsp3) is 0.353. The van der Waals surface area contributed by atoms with Crippen LogP contribution in [0, 0.1) is 0 Å². The summed E-state index contributed by atoms with van der Waals surface area (Å²) in [5, 5.41) is 0.799. The number of carbonyl (C=O) groups is 1. The number of nitrogens with zero attached hydrogens (tertiary/aromatic N) is 3. The molecule has 0 atom stereocenters. The summed E-state index contributed by atoms with van der Waals surface area (Å²) < 4.78 is 10.5. The number of Topliss-reactive ketones (excluding diaryl/α,β-unsaturated/α-hetero) is 1. The molecule has 1 aromatic carbocycles. The van der Waals surface area contributed by atoms with E-state index in [0.717, 1.165) is 29.7 Å². The summed E-state index contributed by atoms with van der Waals surface area (Å²) >= 11 is 1.42. The third kappa shape index (κ3) is 4.24. The van der Waals surface area contributed by atoms with Gasteiger partial charge in [0.2, 0.25) is 0 Å². The first-order valence-corrected chi connectivity index (χ1v) is 8.69. The van der Waals surface area contributed by atoms with Gasteiger partial charge in [-0.25, -0.2) is 9.97 Å². The molecule has 1 aliphatic heterocycles. The monoisotopic (exact) mass is 345 g/mol. The van der Waals surface area contributed by atoms with Gasteiger partial charge in [-0.3, -0.25) is 4.79 Å². The number of thioether (sulfide) groups is 1. The van der Waals surface area contributed by atoms with Gasteiger partial charge in [0.05, 0.1) is 26.1 Å². The number of anilines is 1. The maximum absolute atomic E-state index is 12.3. The van der Waals surface area contributed by atoms with Crippen molar-refractivity contribution in [1.82, 2.24) is 9.97 Å². The highest BCUT2D eigenvalue weighted by Crippen LogP contribution is 2.22. The van der Waals surface area contributed by atoms with Crippen molar-refractivity contribution in [2.75, 3.05) is 44.1 Å². The Labute approximate surface area is 145 Å². The van der Waals surface area contributed by atoms with E-state index in [0.29, 0.717) is 24.5 Å². The Morgan fingerprint density at radius 1 is 1.25 bits per heavy atom. The van der Waals surface area contributed by atoms with Crippen LogP contribution in [0.1, 0.15) is 10.4 Å². The summed E-state index contributed by atoms with van der Waals surface area (Å²) in [7, 11) is 1.60. The minimum absolute atomic E-state index is 0.0641. The number of ether oxygens (including phenoxy) is 2.